The van der Waals surface area contributed by atoms with Gasteiger partial charge in [-0.05, 0) is 94.0 Å². The molecule has 1 aliphatic heterocycles. The van der Waals surface area contributed by atoms with Gasteiger partial charge in [0.1, 0.15) is 0 Å². The summed E-state index contributed by atoms with van der Waals surface area (Å²) in [4.78, 5) is 2.86. The van der Waals surface area contributed by atoms with Gasteiger partial charge in [-0.15, -0.1) is 0 Å². The van der Waals surface area contributed by atoms with Crippen molar-refractivity contribution in [3.63, 3.8) is 0 Å². The number of hydrogen-bond acceptors (Lipinski definition) is 2. The van der Waals surface area contributed by atoms with Gasteiger partial charge in [-0.25, -0.2) is 0 Å². The molecule has 1 heterocycles. The van der Waals surface area contributed by atoms with Crippen LogP contribution in [0.5, 0.6) is 0 Å². The van der Waals surface area contributed by atoms with Crippen molar-refractivity contribution in [2.45, 2.75) is 70.3 Å². The summed E-state index contributed by atoms with van der Waals surface area (Å²) in [5.41, 5.74) is 6.58. The van der Waals surface area contributed by atoms with Crippen LogP contribution in [0.2, 0.25) is 0 Å². The largest absolute Gasteiger partial charge is 0.330 e. The minimum atomic E-state index is 0.721. The van der Waals surface area contributed by atoms with E-state index in [4.69, 9.17) is 5.73 Å². The first-order valence-electron chi connectivity index (χ1n) is 9.20. The Bertz CT molecular complexity index is 314. The van der Waals surface area contributed by atoms with Crippen molar-refractivity contribution in [3.05, 3.63) is 0 Å². The third kappa shape index (κ3) is 2.43. The fourth-order valence-corrected chi connectivity index (χ4v) is 6.70. The molecule has 1 saturated heterocycles. The van der Waals surface area contributed by atoms with Crippen LogP contribution in [-0.2, 0) is 0 Å². The molecule has 5 rings (SSSR count). The van der Waals surface area contributed by atoms with Crippen LogP contribution < -0.4 is 5.73 Å². The van der Waals surface area contributed by atoms with Gasteiger partial charge < -0.3 is 5.73 Å². The van der Waals surface area contributed by atoms with Gasteiger partial charge in [-0.1, -0.05) is 6.42 Å². The predicted molar refractivity (Wildman–Crippen MR) is 83.5 cm³/mol. The molecule has 4 saturated carbocycles. The fourth-order valence-electron chi connectivity index (χ4n) is 6.70. The molecule has 20 heavy (non-hydrogen) atoms. The van der Waals surface area contributed by atoms with Crippen molar-refractivity contribution in [2.75, 3.05) is 19.6 Å². The van der Waals surface area contributed by atoms with Crippen LogP contribution in [0.3, 0.4) is 0 Å². The summed E-state index contributed by atoms with van der Waals surface area (Å²) in [5.74, 6) is 3.29. The van der Waals surface area contributed by atoms with Gasteiger partial charge >= 0.3 is 0 Å². The van der Waals surface area contributed by atoms with Crippen LogP contribution >= 0.6 is 0 Å². The molecule has 0 radical (unpaired) electrons. The highest BCUT2D eigenvalue weighted by Crippen LogP contribution is 2.60. The van der Waals surface area contributed by atoms with E-state index in [9.17, 15) is 0 Å². The lowest BCUT2D eigenvalue weighted by Gasteiger charge is -2.58. The van der Waals surface area contributed by atoms with Crippen LogP contribution in [-0.4, -0.2) is 30.6 Å². The van der Waals surface area contributed by atoms with Gasteiger partial charge in [0.05, 0.1) is 0 Å². The zero-order valence-corrected chi connectivity index (χ0v) is 13.0. The molecule has 5 fully saturated rings. The maximum atomic E-state index is 5.86. The highest BCUT2D eigenvalue weighted by atomic mass is 15.2. The predicted octanol–water partition coefficient (Wildman–Crippen LogP) is 3.41. The zero-order chi connectivity index (χ0) is 13.6. The van der Waals surface area contributed by atoms with Crippen LogP contribution in [0, 0.1) is 23.2 Å². The minimum absolute atomic E-state index is 0.721. The van der Waals surface area contributed by atoms with E-state index in [-0.39, 0.29) is 0 Å². The van der Waals surface area contributed by atoms with E-state index in [1.807, 2.05) is 0 Å². The molecule has 5 aliphatic rings. The van der Waals surface area contributed by atoms with Gasteiger partial charge in [-0.3, -0.25) is 4.90 Å². The quantitative estimate of drug-likeness (QED) is 0.852. The SMILES string of the molecule is NCCC1CCCCN1CC12CC3CC(CC(C3)C1)C2. The second-order valence-corrected chi connectivity index (χ2v) is 8.61. The van der Waals surface area contributed by atoms with Crippen LogP contribution in [0.4, 0.5) is 0 Å². The summed E-state index contributed by atoms with van der Waals surface area (Å²) in [7, 11) is 0. The molecule has 1 atom stereocenters. The molecule has 0 aromatic rings. The average molecular weight is 276 g/mol. The van der Waals surface area contributed by atoms with Gasteiger partial charge in [0.25, 0.3) is 0 Å². The topological polar surface area (TPSA) is 29.3 Å². The number of piperidine rings is 1. The molecule has 2 heteroatoms. The van der Waals surface area contributed by atoms with Gasteiger partial charge in [0.15, 0.2) is 0 Å². The number of nitrogens with two attached hydrogens (primary N) is 1. The number of hydrogen-bond donors (Lipinski definition) is 1. The highest BCUT2D eigenvalue weighted by Gasteiger charge is 2.51. The van der Waals surface area contributed by atoms with Crippen molar-refractivity contribution in [2.24, 2.45) is 28.9 Å². The second kappa shape index (κ2) is 5.28. The van der Waals surface area contributed by atoms with Crippen molar-refractivity contribution >= 4 is 0 Å². The summed E-state index contributed by atoms with van der Waals surface area (Å²) in [5, 5.41) is 0. The maximum Gasteiger partial charge on any atom is 0.0107 e. The van der Waals surface area contributed by atoms with E-state index in [2.05, 4.69) is 4.90 Å². The Labute approximate surface area is 124 Å². The lowest BCUT2D eigenvalue weighted by atomic mass is 9.49. The molecule has 2 N–H and O–H groups in total. The fraction of sp³-hybridized carbons (Fsp3) is 1.00. The summed E-state index contributed by atoms with van der Waals surface area (Å²) in [6, 6.07) is 0.807. The number of rotatable bonds is 4. The Morgan fingerprint density at radius 1 is 0.950 bits per heavy atom. The smallest absolute Gasteiger partial charge is 0.0107 e. The van der Waals surface area contributed by atoms with Crippen LogP contribution in [0.25, 0.3) is 0 Å². The monoisotopic (exact) mass is 276 g/mol. The number of nitrogens with zero attached hydrogens (tertiary/aromatic N) is 1. The van der Waals surface area contributed by atoms with Crippen molar-refractivity contribution in [1.29, 1.82) is 0 Å². The summed E-state index contributed by atoms with van der Waals surface area (Å²) < 4.78 is 0. The molecule has 0 spiro atoms. The van der Waals surface area contributed by atoms with E-state index in [1.54, 1.807) is 38.5 Å². The van der Waals surface area contributed by atoms with E-state index in [0.29, 0.717) is 0 Å². The van der Waals surface area contributed by atoms with Crippen molar-refractivity contribution in [3.8, 4) is 0 Å². The Balaban J connectivity index is 1.47. The van der Waals surface area contributed by atoms with Crippen molar-refractivity contribution < 1.29 is 0 Å². The molecule has 2 nitrogen and oxygen atoms in total. The van der Waals surface area contributed by atoms with Crippen LogP contribution in [0.1, 0.15) is 64.2 Å². The lowest BCUT2D eigenvalue weighted by Crippen LogP contribution is -2.54. The zero-order valence-electron chi connectivity index (χ0n) is 13.0. The third-order valence-corrected chi connectivity index (χ3v) is 6.95. The molecular formula is C18H32N2. The molecule has 0 amide bonds. The lowest BCUT2D eigenvalue weighted by molar-refractivity contribution is -0.0780. The Hall–Kier alpha value is -0.0800. The second-order valence-electron chi connectivity index (χ2n) is 8.61. The van der Waals surface area contributed by atoms with E-state index in [1.165, 1.54) is 38.8 Å². The first-order chi connectivity index (χ1) is 9.76. The Kier molecular flexibility index (Phi) is 3.58. The molecule has 4 aliphatic carbocycles. The standard InChI is InChI=1S/C18H32N2/c19-5-4-17-3-1-2-6-20(17)13-18-10-14-7-15(11-18)9-16(8-14)12-18/h14-17H,1-13,19H2. The van der Waals surface area contributed by atoms with E-state index < -0.39 is 0 Å². The maximum absolute atomic E-state index is 5.86. The number of likely N-dealkylation sites (tertiary alicyclic amines) is 1. The minimum Gasteiger partial charge on any atom is -0.330 e. The Morgan fingerprint density at radius 2 is 1.60 bits per heavy atom. The molecule has 114 valence electrons. The Morgan fingerprint density at radius 3 is 2.20 bits per heavy atom. The molecule has 1 unspecified atom stereocenters. The molecular weight excluding hydrogens is 244 g/mol. The normalized spacial score (nSPS) is 47.9. The van der Waals surface area contributed by atoms with Gasteiger partial charge in [0.2, 0.25) is 0 Å². The molecule has 0 aromatic carbocycles. The van der Waals surface area contributed by atoms with E-state index in [0.717, 1.165) is 35.8 Å². The first-order valence-corrected chi connectivity index (χ1v) is 9.20. The van der Waals surface area contributed by atoms with Crippen molar-refractivity contribution in [1.82, 2.24) is 4.90 Å². The van der Waals surface area contributed by atoms with E-state index >= 15 is 0 Å². The summed E-state index contributed by atoms with van der Waals surface area (Å²) in [6.07, 6.45) is 14.9. The highest BCUT2D eigenvalue weighted by molar-refractivity contribution is 5.03. The molecule has 4 bridgehead atoms. The third-order valence-electron chi connectivity index (χ3n) is 6.95. The van der Waals surface area contributed by atoms with Gasteiger partial charge in [-0.2, -0.15) is 0 Å². The average Bonchev–Trinajstić information content (AvgIpc) is 2.39. The summed E-state index contributed by atoms with van der Waals surface area (Å²) >= 11 is 0. The first kappa shape index (κ1) is 13.6. The summed E-state index contributed by atoms with van der Waals surface area (Å²) in [6.45, 7) is 3.65. The van der Waals surface area contributed by atoms with Gasteiger partial charge in [0, 0.05) is 12.6 Å². The molecule has 0 aromatic heterocycles. The van der Waals surface area contributed by atoms with Crippen LogP contribution in [0.15, 0.2) is 0 Å².